The molecule has 0 spiro atoms. The van der Waals surface area contributed by atoms with Crippen LogP contribution in [0, 0.1) is 6.92 Å². The SMILES string of the molecule is Cc1ccc(C(O)c2cnns2)s1. The van der Waals surface area contributed by atoms with Gasteiger partial charge in [0.1, 0.15) is 6.10 Å². The monoisotopic (exact) mass is 212 g/mol. The molecule has 1 N–H and O–H groups in total. The highest BCUT2D eigenvalue weighted by Crippen LogP contribution is 2.28. The minimum Gasteiger partial charge on any atom is -0.382 e. The lowest BCUT2D eigenvalue weighted by atomic mass is 10.2. The predicted octanol–water partition coefficient (Wildman–Crippen LogP) is 1.99. The van der Waals surface area contributed by atoms with Crippen LogP contribution in [0.4, 0.5) is 0 Å². The van der Waals surface area contributed by atoms with Crippen molar-refractivity contribution in [1.29, 1.82) is 0 Å². The van der Waals surface area contributed by atoms with Crippen LogP contribution in [0.5, 0.6) is 0 Å². The first-order valence-electron chi connectivity index (χ1n) is 3.79. The lowest BCUT2D eigenvalue weighted by molar-refractivity contribution is 0.228. The van der Waals surface area contributed by atoms with Gasteiger partial charge in [0.25, 0.3) is 0 Å². The first-order valence-corrected chi connectivity index (χ1v) is 5.38. The summed E-state index contributed by atoms with van der Waals surface area (Å²) in [5.41, 5.74) is 0. The molecule has 0 bridgehead atoms. The lowest BCUT2D eigenvalue weighted by Crippen LogP contribution is -1.92. The van der Waals surface area contributed by atoms with E-state index in [4.69, 9.17) is 0 Å². The van der Waals surface area contributed by atoms with Gasteiger partial charge in [-0.1, -0.05) is 4.49 Å². The zero-order valence-electron chi connectivity index (χ0n) is 6.97. The Bertz CT molecular complexity index is 383. The summed E-state index contributed by atoms with van der Waals surface area (Å²) in [6.45, 7) is 2.02. The van der Waals surface area contributed by atoms with Gasteiger partial charge < -0.3 is 5.11 Å². The molecule has 3 nitrogen and oxygen atoms in total. The van der Waals surface area contributed by atoms with E-state index in [9.17, 15) is 5.11 Å². The van der Waals surface area contributed by atoms with Crippen molar-refractivity contribution in [2.75, 3.05) is 0 Å². The number of hydrogen-bond donors (Lipinski definition) is 1. The van der Waals surface area contributed by atoms with Crippen LogP contribution in [0.2, 0.25) is 0 Å². The molecular weight excluding hydrogens is 204 g/mol. The van der Waals surface area contributed by atoms with E-state index >= 15 is 0 Å². The largest absolute Gasteiger partial charge is 0.382 e. The van der Waals surface area contributed by atoms with Gasteiger partial charge in [-0.05, 0) is 30.6 Å². The topological polar surface area (TPSA) is 46.0 Å². The van der Waals surface area contributed by atoms with E-state index in [0.717, 1.165) is 9.75 Å². The second-order valence-corrected chi connectivity index (χ2v) is 4.81. The molecule has 13 heavy (non-hydrogen) atoms. The second-order valence-electron chi connectivity index (χ2n) is 2.67. The third kappa shape index (κ3) is 1.77. The summed E-state index contributed by atoms with van der Waals surface area (Å²) in [5, 5.41) is 13.5. The Labute approximate surface area is 83.8 Å². The lowest BCUT2D eigenvalue weighted by Gasteiger charge is -2.02. The number of aliphatic hydroxyl groups is 1. The van der Waals surface area contributed by atoms with E-state index in [-0.39, 0.29) is 0 Å². The van der Waals surface area contributed by atoms with Crippen LogP contribution in [0.1, 0.15) is 20.7 Å². The van der Waals surface area contributed by atoms with Crippen molar-refractivity contribution < 1.29 is 5.11 Å². The third-order valence-corrected chi connectivity index (χ3v) is 3.45. The molecule has 0 radical (unpaired) electrons. The zero-order chi connectivity index (χ0) is 9.26. The highest BCUT2D eigenvalue weighted by atomic mass is 32.1. The molecule has 0 saturated carbocycles. The maximum atomic E-state index is 9.83. The Morgan fingerprint density at radius 3 is 2.77 bits per heavy atom. The third-order valence-electron chi connectivity index (χ3n) is 1.68. The van der Waals surface area contributed by atoms with Crippen molar-refractivity contribution in [3.05, 3.63) is 33.0 Å². The van der Waals surface area contributed by atoms with Gasteiger partial charge in [-0.25, -0.2) is 0 Å². The van der Waals surface area contributed by atoms with Gasteiger partial charge in [0, 0.05) is 9.75 Å². The fraction of sp³-hybridized carbons (Fsp3) is 0.250. The number of rotatable bonds is 2. The van der Waals surface area contributed by atoms with Crippen LogP contribution in [0.3, 0.4) is 0 Å². The molecule has 0 fully saturated rings. The van der Waals surface area contributed by atoms with Gasteiger partial charge in [-0.15, -0.1) is 16.4 Å². The number of aromatic nitrogens is 2. The Morgan fingerprint density at radius 2 is 2.23 bits per heavy atom. The molecule has 2 aromatic rings. The average molecular weight is 212 g/mol. The second kappa shape index (κ2) is 3.53. The molecule has 5 heteroatoms. The van der Waals surface area contributed by atoms with Crippen molar-refractivity contribution in [1.82, 2.24) is 9.59 Å². The fourth-order valence-electron chi connectivity index (χ4n) is 1.04. The first kappa shape index (κ1) is 8.80. The fourth-order valence-corrected chi connectivity index (χ4v) is 2.50. The van der Waals surface area contributed by atoms with Crippen molar-refractivity contribution in [3.63, 3.8) is 0 Å². The van der Waals surface area contributed by atoms with Crippen LogP contribution < -0.4 is 0 Å². The van der Waals surface area contributed by atoms with Gasteiger partial charge in [-0.2, -0.15) is 0 Å². The van der Waals surface area contributed by atoms with Gasteiger partial charge >= 0.3 is 0 Å². The minimum absolute atomic E-state index is 0.557. The summed E-state index contributed by atoms with van der Waals surface area (Å²) in [5.74, 6) is 0. The van der Waals surface area contributed by atoms with Crippen molar-refractivity contribution in [2.24, 2.45) is 0 Å². The predicted molar refractivity (Wildman–Crippen MR) is 53.0 cm³/mol. The van der Waals surface area contributed by atoms with E-state index in [0.29, 0.717) is 0 Å². The molecule has 0 saturated heterocycles. The highest BCUT2D eigenvalue weighted by molar-refractivity contribution is 7.12. The van der Waals surface area contributed by atoms with E-state index in [2.05, 4.69) is 9.59 Å². The Balaban J connectivity index is 2.28. The smallest absolute Gasteiger partial charge is 0.126 e. The van der Waals surface area contributed by atoms with Crippen molar-refractivity contribution >= 4 is 22.9 Å². The normalized spacial score (nSPS) is 13.1. The van der Waals surface area contributed by atoms with Crippen molar-refractivity contribution in [3.8, 4) is 0 Å². The van der Waals surface area contributed by atoms with E-state index in [1.807, 2.05) is 19.1 Å². The van der Waals surface area contributed by atoms with Crippen LogP contribution in [0.15, 0.2) is 18.3 Å². The van der Waals surface area contributed by atoms with Gasteiger partial charge in [0.05, 0.1) is 11.1 Å². The van der Waals surface area contributed by atoms with E-state index < -0.39 is 6.10 Å². The molecule has 0 aromatic carbocycles. The summed E-state index contributed by atoms with van der Waals surface area (Å²) < 4.78 is 3.71. The van der Waals surface area contributed by atoms with Crippen LogP contribution in [-0.2, 0) is 0 Å². The van der Waals surface area contributed by atoms with Crippen LogP contribution >= 0.6 is 22.9 Å². The standard InChI is InChI=1S/C8H8N2OS2/c1-5-2-3-6(12-5)8(11)7-4-9-10-13-7/h2-4,8,11H,1H3. The number of aryl methyl sites for hydroxylation is 1. The zero-order valence-corrected chi connectivity index (χ0v) is 8.60. The van der Waals surface area contributed by atoms with Crippen LogP contribution in [0.25, 0.3) is 0 Å². The van der Waals surface area contributed by atoms with E-state index in [1.54, 1.807) is 17.5 Å². The minimum atomic E-state index is -0.557. The number of aliphatic hydroxyl groups excluding tert-OH is 1. The van der Waals surface area contributed by atoms with E-state index in [1.165, 1.54) is 16.4 Å². The molecule has 2 aromatic heterocycles. The maximum absolute atomic E-state index is 9.83. The molecule has 68 valence electrons. The Hall–Kier alpha value is -0.780. The molecule has 2 rings (SSSR count). The first-order chi connectivity index (χ1) is 6.27. The number of hydrogen-bond acceptors (Lipinski definition) is 5. The maximum Gasteiger partial charge on any atom is 0.126 e. The summed E-state index contributed by atoms with van der Waals surface area (Å²) in [6.07, 6.45) is 1.04. The van der Waals surface area contributed by atoms with Crippen LogP contribution in [-0.4, -0.2) is 14.7 Å². The van der Waals surface area contributed by atoms with Gasteiger partial charge in [0.15, 0.2) is 0 Å². The molecular formula is C8H8N2OS2. The molecule has 0 aliphatic rings. The van der Waals surface area contributed by atoms with Gasteiger partial charge in [0.2, 0.25) is 0 Å². The Kier molecular flexibility index (Phi) is 2.39. The molecule has 1 unspecified atom stereocenters. The molecule has 0 amide bonds. The number of nitrogens with zero attached hydrogens (tertiary/aromatic N) is 2. The molecule has 0 aliphatic heterocycles. The number of thiophene rings is 1. The summed E-state index contributed by atoms with van der Waals surface area (Å²) in [4.78, 5) is 2.94. The highest BCUT2D eigenvalue weighted by Gasteiger charge is 2.14. The molecule has 2 heterocycles. The summed E-state index contributed by atoms with van der Waals surface area (Å²) in [7, 11) is 0. The molecule has 0 aliphatic carbocycles. The Morgan fingerprint density at radius 1 is 1.38 bits per heavy atom. The average Bonchev–Trinajstić information content (AvgIpc) is 2.72. The summed E-state index contributed by atoms with van der Waals surface area (Å²) in [6, 6.07) is 3.93. The molecule has 1 atom stereocenters. The quantitative estimate of drug-likeness (QED) is 0.828. The van der Waals surface area contributed by atoms with Gasteiger partial charge in [-0.3, -0.25) is 0 Å². The van der Waals surface area contributed by atoms with Crippen molar-refractivity contribution in [2.45, 2.75) is 13.0 Å². The summed E-state index contributed by atoms with van der Waals surface area (Å²) >= 11 is 2.83.